The fourth-order valence-corrected chi connectivity index (χ4v) is 13.8. The number of rotatable bonds is 10. The molecule has 0 aliphatic heterocycles. The Morgan fingerprint density at radius 2 is 0.333 bits per heavy atom. The Hall–Kier alpha value is -6.04. The number of benzene rings is 3. The zero-order chi connectivity index (χ0) is 79.2. The van der Waals surface area contributed by atoms with E-state index in [1.807, 2.05) is 243 Å². The van der Waals surface area contributed by atoms with Crippen molar-refractivity contribution in [2.45, 2.75) is 235 Å². The molecular formula is C94H140S8. The molecule has 0 amide bonds. The summed E-state index contributed by atoms with van der Waals surface area (Å²) in [5, 5.41) is 0. The minimum atomic E-state index is 1.24. The first kappa shape index (κ1) is 107. The van der Waals surface area contributed by atoms with Crippen molar-refractivity contribution in [3.63, 3.8) is 0 Å². The number of hydrogen-bond acceptors (Lipinski definition) is 8. The van der Waals surface area contributed by atoms with E-state index in [9.17, 15) is 0 Å². The molecule has 3 aromatic carbocycles. The van der Waals surface area contributed by atoms with Gasteiger partial charge in [-0.15, -0.1) is 90.7 Å². The molecule has 0 saturated heterocycles. The Morgan fingerprint density at radius 3 is 0.549 bits per heavy atom. The molecule has 0 nitrogen and oxygen atoms in total. The molecule has 11 aromatic rings. The molecule has 102 heavy (non-hydrogen) atoms. The first-order chi connectivity index (χ1) is 49.5. The van der Waals surface area contributed by atoms with Crippen LogP contribution in [0.3, 0.4) is 0 Å². The van der Waals surface area contributed by atoms with Gasteiger partial charge in [-0.2, -0.15) is 0 Å². The van der Waals surface area contributed by atoms with Crippen molar-refractivity contribution in [2.75, 3.05) is 0 Å². The number of aryl methyl sites for hydroxylation is 12. The third-order valence-corrected chi connectivity index (χ3v) is 19.6. The van der Waals surface area contributed by atoms with E-state index in [-0.39, 0.29) is 0 Å². The van der Waals surface area contributed by atoms with Crippen molar-refractivity contribution in [2.24, 2.45) is 0 Å². The molecule has 0 atom stereocenters. The van der Waals surface area contributed by atoms with Crippen molar-refractivity contribution >= 4 is 139 Å². The third kappa shape index (κ3) is 54.6. The maximum Gasteiger partial charge on any atom is 0.0449 e. The minimum absolute atomic E-state index is 1.24. The molecule has 0 unspecified atom stereocenters. The third-order valence-electron chi connectivity index (χ3n) is 11.6. The summed E-state index contributed by atoms with van der Waals surface area (Å²) in [6.07, 6.45) is 21.6. The second kappa shape index (κ2) is 74.7. The van der Waals surface area contributed by atoms with Gasteiger partial charge in [-0.3, -0.25) is 0 Å². The van der Waals surface area contributed by atoms with Crippen LogP contribution in [0.5, 0.6) is 0 Å². The largest absolute Gasteiger partial charge is 0.146 e. The van der Waals surface area contributed by atoms with Crippen LogP contribution in [0.1, 0.15) is 254 Å². The van der Waals surface area contributed by atoms with Crippen LogP contribution in [0.2, 0.25) is 0 Å². The van der Waals surface area contributed by atoms with Crippen LogP contribution in [0, 0.1) is 83.1 Å². The monoisotopic (exact) mass is 1520 g/mol. The van der Waals surface area contributed by atoms with Crippen LogP contribution < -0.4 is 0 Å². The fraction of sp³-hybridized carbons (Fsp3) is 0.362. The van der Waals surface area contributed by atoms with Gasteiger partial charge in [0.2, 0.25) is 0 Å². The Morgan fingerprint density at radius 1 is 0.157 bits per heavy atom. The molecule has 8 heterocycles. The van der Waals surface area contributed by atoms with E-state index in [1.165, 1.54) is 111 Å². The Balaban J connectivity index is -0.000000261. The number of allylic oxidation sites excluding steroid dienone is 2. The maximum absolute atomic E-state index is 2.22. The average Bonchev–Trinajstić information content (AvgIpc) is 1.70. The smallest absolute Gasteiger partial charge is 0.0449 e. The summed E-state index contributed by atoms with van der Waals surface area (Å²) in [6.45, 7) is 69.5. The standard InChI is InChI=1S/C16H14S3.C16H16.C14H14S2.C12H12S2.C8H10.C6H8S.11C2H6/c1-11-3-5-13(17-11)6-7-14-8-10-16(19-14)15-9-4-12(2)18-15;1-13-3-7-15(8-4-13)11-12-16-9-5-14(2)6-10-16;1-11-7-9-13(15-11)5-3-4-6-14-10-8-12(2)16-14;1-9-3-5-11(13-9)7-8-12-6-4-10(2)14-12;1-7-3-5-8(2)6-4-7;1-5-3-4-6(2)7-5;11*1-2/h3-10H,1-2H3;3-12H,1-2H3;3-10H,1-2H3;3-8H,1-2H3;3-6H,1-2H3;3-4H,1-2H3;11*1-2H3. The van der Waals surface area contributed by atoms with Gasteiger partial charge in [-0.05, 0) is 228 Å². The second-order valence-corrected chi connectivity index (χ2v) is 29.7. The summed E-state index contributed by atoms with van der Waals surface area (Å²) in [7, 11) is 0. The molecule has 0 fully saturated rings. The van der Waals surface area contributed by atoms with Crippen LogP contribution in [0.25, 0.3) is 58.4 Å². The molecule has 11 rings (SSSR count). The lowest BCUT2D eigenvalue weighted by Gasteiger charge is -1.96. The highest BCUT2D eigenvalue weighted by Crippen LogP contribution is 2.34. The van der Waals surface area contributed by atoms with Crippen molar-refractivity contribution < 1.29 is 0 Å². The summed E-state index contributed by atoms with van der Waals surface area (Å²) >= 11 is 14.7. The minimum Gasteiger partial charge on any atom is -0.146 e. The summed E-state index contributed by atoms with van der Waals surface area (Å²) in [5.74, 6) is 0. The van der Waals surface area contributed by atoms with Crippen LogP contribution in [0.4, 0.5) is 0 Å². The van der Waals surface area contributed by atoms with Gasteiger partial charge in [0.05, 0.1) is 0 Å². The highest BCUT2D eigenvalue weighted by molar-refractivity contribution is 7.22. The molecule has 8 heteroatoms. The van der Waals surface area contributed by atoms with Crippen molar-refractivity contribution in [3.05, 3.63) is 284 Å². The van der Waals surface area contributed by atoms with E-state index in [0.717, 1.165) is 0 Å². The summed E-state index contributed by atoms with van der Waals surface area (Å²) in [6, 6.07) is 60.2. The molecule has 0 aliphatic rings. The molecule has 0 spiro atoms. The first-order valence-corrected chi connectivity index (χ1v) is 44.1. The predicted octanol–water partition coefficient (Wildman–Crippen LogP) is 36.5. The topological polar surface area (TPSA) is 0 Å². The molecule has 0 N–H and O–H groups in total. The van der Waals surface area contributed by atoms with Gasteiger partial charge in [-0.1, -0.05) is 272 Å². The van der Waals surface area contributed by atoms with Gasteiger partial charge in [0, 0.05) is 78.0 Å². The van der Waals surface area contributed by atoms with Gasteiger partial charge in [0.15, 0.2) is 0 Å². The number of hydrogen-bond donors (Lipinski definition) is 0. The Bertz CT molecular complexity index is 3490. The van der Waals surface area contributed by atoms with E-state index in [2.05, 4.69) is 314 Å². The van der Waals surface area contributed by atoms with E-state index in [1.54, 1.807) is 0 Å². The van der Waals surface area contributed by atoms with Crippen LogP contribution >= 0.6 is 90.7 Å². The number of thiophene rings is 8. The first-order valence-electron chi connectivity index (χ1n) is 37.6. The molecule has 0 aliphatic carbocycles. The zero-order valence-corrected chi connectivity index (χ0v) is 76.7. The van der Waals surface area contributed by atoms with E-state index in [0.29, 0.717) is 0 Å². The van der Waals surface area contributed by atoms with Gasteiger partial charge in [0.1, 0.15) is 0 Å². The zero-order valence-electron chi connectivity index (χ0n) is 70.2. The van der Waals surface area contributed by atoms with Crippen molar-refractivity contribution in [1.82, 2.24) is 0 Å². The molecule has 0 radical (unpaired) electrons. The van der Waals surface area contributed by atoms with Crippen molar-refractivity contribution in [3.8, 4) is 9.75 Å². The van der Waals surface area contributed by atoms with Crippen LogP contribution in [-0.4, -0.2) is 0 Å². The quantitative estimate of drug-likeness (QED) is 0.0946. The molecule has 8 aromatic heterocycles. The van der Waals surface area contributed by atoms with Gasteiger partial charge in [-0.25, -0.2) is 0 Å². The maximum atomic E-state index is 2.22. The Kier molecular flexibility index (Phi) is 78.3. The van der Waals surface area contributed by atoms with E-state index < -0.39 is 0 Å². The van der Waals surface area contributed by atoms with Crippen LogP contribution in [-0.2, 0) is 0 Å². The highest BCUT2D eigenvalue weighted by Gasteiger charge is 2.04. The lowest BCUT2D eigenvalue weighted by Crippen LogP contribution is -1.75. The predicted molar refractivity (Wildman–Crippen MR) is 499 cm³/mol. The van der Waals surface area contributed by atoms with Crippen LogP contribution in [0.15, 0.2) is 182 Å². The summed E-state index contributed by atoms with van der Waals surface area (Å²) in [4.78, 5) is 21.6. The van der Waals surface area contributed by atoms with Gasteiger partial charge in [0.25, 0.3) is 0 Å². The average molecular weight is 1530 g/mol. The fourth-order valence-electron chi connectivity index (χ4n) is 7.23. The summed E-state index contributed by atoms with van der Waals surface area (Å²) in [5.41, 5.74) is 7.74. The SMILES string of the molecule is CC.CC.CC.CC.CC.CC.CC.CC.CC.CC.CC.Cc1ccc(C)cc1.Cc1ccc(C)s1.Cc1ccc(C=CC=Cc2ccc(C)s2)s1.Cc1ccc(C=Cc2ccc(-c3ccc(C)s3)s2)s1.Cc1ccc(C=Cc2ccc(C)cc2)cc1.Cc1ccc(C=Cc2ccc(C)s2)s1. The molecule has 0 bridgehead atoms. The molecule has 0 saturated carbocycles. The lowest BCUT2D eigenvalue weighted by molar-refractivity contribution is 1.40. The van der Waals surface area contributed by atoms with Gasteiger partial charge >= 0.3 is 0 Å². The van der Waals surface area contributed by atoms with E-state index in [4.69, 9.17) is 0 Å². The Labute approximate surface area is 662 Å². The normalized spacial score (nSPS) is 9.27. The molecular weight excluding hydrogens is 1390 g/mol. The summed E-state index contributed by atoms with van der Waals surface area (Å²) < 4.78 is 0. The van der Waals surface area contributed by atoms with Gasteiger partial charge < -0.3 is 0 Å². The molecule has 564 valence electrons. The van der Waals surface area contributed by atoms with E-state index >= 15 is 0 Å². The van der Waals surface area contributed by atoms with Crippen molar-refractivity contribution in [1.29, 1.82) is 0 Å². The highest BCUT2D eigenvalue weighted by atomic mass is 32.1. The lowest BCUT2D eigenvalue weighted by atomic mass is 10.1. The second-order valence-electron chi connectivity index (χ2n) is 19.2.